The minimum Gasteiger partial charge on any atom is -0.370 e. The molecule has 4 aromatic rings. The molecular formula is C23H21FN6. The van der Waals surface area contributed by atoms with Gasteiger partial charge in [0.05, 0.1) is 11.4 Å². The summed E-state index contributed by atoms with van der Waals surface area (Å²) in [6.07, 6.45) is 4.89. The average Bonchev–Trinajstić information content (AvgIpc) is 3.47. The van der Waals surface area contributed by atoms with E-state index in [1.807, 2.05) is 4.57 Å². The Morgan fingerprint density at radius 3 is 2.70 bits per heavy atom. The van der Waals surface area contributed by atoms with E-state index in [9.17, 15) is 4.39 Å². The van der Waals surface area contributed by atoms with Gasteiger partial charge in [-0.2, -0.15) is 0 Å². The molecule has 2 aliphatic rings. The van der Waals surface area contributed by atoms with Gasteiger partial charge < -0.3 is 15.2 Å². The van der Waals surface area contributed by atoms with Gasteiger partial charge in [-0.25, -0.2) is 4.39 Å². The lowest BCUT2D eigenvalue weighted by atomic mass is 10.1. The molecule has 6 nitrogen and oxygen atoms in total. The highest BCUT2D eigenvalue weighted by molar-refractivity contribution is 5.72. The van der Waals surface area contributed by atoms with Gasteiger partial charge in [0.15, 0.2) is 5.82 Å². The van der Waals surface area contributed by atoms with Crippen LogP contribution in [0.15, 0.2) is 61.1 Å². The summed E-state index contributed by atoms with van der Waals surface area (Å²) in [6, 6.07) is 15.5. The Bertz CT molecular complexity index is 1240. The molecule has 1 saturated heterocycles. The molecule has 0 amide bonds. The molecule has 1 fully saturated rings. The van der Waals surface area contributed by atoms with Gasteiger partial charge in [-0.15, -0.1) is 10.2 Å². The highest BCUT2D eigenvalue weighted by Gasteiger charge is 2.24. The minimum absolute atomic E-state index is 0.234. The van der Waals surface area contributed by atoms with Gasteiger partial charge in [-0.05, 0) is 53.9 Å². The molecule has 0 unspecified atom stereocenters. The Morgan fingerprint density at radius 2 is 1.90 bits per heavy atom. The molecule has 0 spiro atoms. The van der Waals surface area contributed by atoms with Gasteiger partial charge in [0.1, 0.15) is 12.1 Å². The van der Waals surface area contributed by atoms with Crippen LogP contribution in [0.4, 0.5) is 10.1 Å². The lowest BCUT2D eigenvalue weighted by Crippen LogP contribution is -2.26. The van der Waals surface area contributed by atoms with Crippen molar-refractivity contribution >= 4 is 5.69 Å². The van der Waals surface area contributed by atoms with E-state index < -0.39 is 0 Å². The van der Waals surface area contributed by atoms with Crippen LogP contribution in [0, 0.1) is 5.82 Å². The molecule has 0 saturated carbocycles. The van der Waals surface area contributed by atoms with Gasteiger partial charge in [0, 0.05) is 43.1 Å². The van der Waals surface area contributed by atoms with Crippen molar-refractivity contribution in [3.8, 4) is 28.3 Å². The first-order chi connectivity index (χ1) is 14.7. The van der Waals surface area contributed by atoms with Crippen LogP contribution in [0.1, 0.15) is 12.0 Å². The summed E-state index contributed by atoms with van der Waals surface area (Å²) in [5, 5.41) is 8.56. The number of fused-ring (bicyclic) bond motifs is 5. The highest BCUT2D eigenvalue weighted by atomic mass is 19.1. The summed E-state index contributed by atoms with van der Waals surface area (Å²) in [6.45, 7) is 2.60. The standard InChI is InChI=1S/C23H21FN6/c24-18-3-1-15(2-4-18)16-10-22-23-27-26-14-30(23)21-6-5-20(28-8-7-19(25)13-28)9-17(21)12-29(22)11-16/h1-6,9-11,14,19H,7-8,12-13,25H2/t19-/m1/s1. The number of aromatic nitrogens is 4. The molecule has 30 heavy (non-hydrogen) atoms. The number of nitrogens with two attached hydrogens (primary N) is 1. The normalized spacial score (nSPS) is 17.4. The van der Waals surface area contributed by atoms with Crippen molar-refractivity contribution < 1.29 is 4.39 Å². The molecule has 4 heterocycles. The third-order valence-electron chi connectivity index (χ3n) is 6.10. The monoisotopic (exact) mass is 400 g/mol. The zero-order valence-corrected chi connectivity index (χ0v) is 16.4. The topological polar surface area (TPSA) is 64.9 Å². The number of nitrogens with zero attached hydrogens (tertiary/aromatic N) is 5. The Kier molecular flexibility index (Phi) is 3.79. The third-order valence-corrected chi connectivity index (χ3v) is 6.10. The number of hydrogen-bond acceptors (Lipinski definition) is 4. The lowest BCUT2D eigenvalue weighted by Gasteiger charge is -2.20. The lowest BCUT2D eigenvalue weighted by molar-refractivity contribution is 0.628. The van der Waals surface area contributed by atoms with E-state index in [0.29, 0.717) is 0 Å². The van der Waals surface area contributed by atoms with Gasteiger partial charge in [0.25, 0.3) is 0 Å². The van der Waals surface area contributed by atoms with Crippen molar-refractivity contribution in [3.63, 3.8) is 0 Å². The number of benzene rings is 2. The second-order valence-electron chi connectivity index (χ2n) is 8.08. The van der Waals surface area contributed by atoms with Gasteiger partial charge in [-0.3, -0.25) is 4.57 Å². The van der Waals surface area contributed by atoms with Crippen molar-refractivity contribution in [1.82, 2.24) is 19.3 Å². The highest BCUT2D eigenvalue weighted by Crippen LogP contribution is 2.35. The van der Waals surface area contributed by atoms with Crippen LogP contribution in [0.3, 0.4) is 0 Å². The first-order valence-corrected chi connectivity index (χ1v) is 10.2. The first kappa shape index (κ1) is 17.4. The van der Waals surface area contributed by atoms with E-state index in [0.717, 1.165) is 54.4 Å². The maximum Gasteiger partial charge on any atom is 0.185 e. The summed E-state index contributed by atoms with van der Waals surface area (Å²) in [7, 11) is 0. The Labute approximate surface area is 173 Å². The summed E-state index contributed by atoms with van der Waals surface area (Å²) in [4.78, 5) is 2.35. The van der Waals surface area contributed by atoms with Gasteiger partial charge in [0.2, 0.25) is 0 Å². The van der Waals surface area contributed by atoms with Crippen molar-refractivity contribution in [1.29, 1.82) is 0 Å². The molecule has 1 atom stereocenters. The van der Waals surface area contributed by atoms with Gasteiger partial charge >= 0.3 is 0 Å². The smallest absolute Gasteiger partial charge is 0.185 e. The molecule has 0 aliphatic carbocycles. The van der Waals surface area contributed by atoms with E-state index in [1.165, 1.54) is 23.4 Å². The summed E-state index contributed by atoms with van der Waals surface area (Å²) in [5.41, 5.74) is 12.6. The van der Waals surface area contributed by atoms with Crippen molar-refractivity contribution in [2.45, 2.75) is 19.0 Å². The molecule has 2 aromatic heterocycles. The average molecular weight is 400 g/mol. The van der Waals surface area contributed by atoms with Crippen LogP contribution in [0.5, 0.6) is 0 Å². The SMILES string of the molecule is N[C@@H]1CCN(c2ccc3c(c2)Cn2cc(-c4ccc(F)cc4)cc2-c2nncn2-3)C1. The first-order valence-electron chi connectivity index (χ1n) is 10.2. The van der Waals surface area contributed by atoms with Crippen LogP contribution >= 0.6 is 0 Å². The molecule has 2 N–H and O–H groups in total. The number of halogens is 1. The molecule has 2 aromatic carbocycles. The van der Waals surface area contributed by atoms with E-state index >= 15 is 0 Å². The summed E-state index contributed by atoms with van der Waals surface area (Å²) in [5.74, 6) is 0.570. The Balaban J connectivity index is 1.46. The molecule has 0 radical (unpaired) electrons. The van der Waals surface area contributed by atoms with Crippen molar-refractivity contribution in [2.75, 3.05) is 18.0 Å². The number of hydrogen-bond donors (Lipinski definition) is 1. The van der Waals surface area contributed by atoms with E-state index in [1.54, 1.807) is 18.5 Å². The molecule has 6 rings (SSSR count). The fraction of sp³-hybridized carbons (Fsp3) is 0.217. The fourth-order valence-corrected chi connectivity index (χ4v) is 4.55. The quantitative estimate of drug-likeness (QED) is 0.493. The van der Waals surface area contributed by atoms with Crippen LogP contribution in [0.2, 0.25) is 0 Å². The largest absolute Gasteiger partial charge is 0.370 e. The predicted molar refractivity (Wildman–Crippen MR) is 114 cm³/mol. The van der Waals surface area contributed by atoms with Crippen LogP contribution < -0.4 is 10.6 Å². The van der Waals surface area contributed by atoms with Crippen molar-refractivity contribution in [3.05, 3.63) is 72.4 Å². The van der Waals surface area contributed by atoms with E-state index in [4.69, 9.17) is 5.73 Å². The van der Waals surface area contributed by atoms with Crippen LogP contribution in [-0.4, -0.2) is 38.5 Å². The molecule has 2 aliphatic heterocycles. The third kappa shape index (κ3) is 2.74. The van der Waals surface area contributed by atoms with Crippen LogP contribution in [-0.2, 0) is 6.54 Å². The number of rotatable bonds is 2. The zero-order valence-electron chi connectivity index (χ0n) is 16.4. The van der Waals surface area contributed by atoms with Crippen molar-refractivity contribution in [2.24, 2.45) is 5.73 Å². The molecule has 7 heteroatoms. The summed E-state index contributed by atoms with van der Waals surface area (Å²) < 4.78 is 17.6. The maximum absolute atomic E-state index is 13.4. The molecule has 150 valence electrons. The number of anilines is 1. The Hall–Kier alpha value is -3.45. The van der Waals surface area contributed by atoms with E-state index in [-0.39, 0.29) is 11.9 Å². The second-order valence-corrected chi connectivity index (χ2v) is 8.08. The fourth-order valence-electron chi connectivity index (χ4n) is 4.55. The molecule has 0 bridgehead atoms. The zero-order chi connectivity index (χ0) is 20.2. The van der Waals surface area contributed by atoms with Gasteiger partial charge in [-0.1, -0.05) is 12.1 Å². The summed E-state index contributed by atoms with van der Waals surface area (Å²) >= 11 is 0. The predicted octanol–water partition coefficient (Wildman–Crippen LogP) is 3.44. The molecular weight excluding hydrogens is 379 g/mol. The van der Waals surface area contributed by atoms with Crippen LogP contribution in [0.25, 0.3) is 28.3 Å². The Morgan fingerprint density at radius 1 is 1.03 bits per heavy atom. The maximum atomic E-state index is 13.4. The van der Waals surface area contributed by atoms with E-state index in [2.05, 4.69) is 50.1 Å². The second kappa shape index (κ2) is 6.53. The minimum atomic E-state index is -0.234.